The van der Waals surface area contributed by atoms with Gasteiger partial charge in [0.1, 0.15) is 21.4 Å². The van der Waals surface area contributed by atoms with Gasteiger partial charge >= 0.3 is 0 Å². The Kier molecular flexibility index (Phi) is 7.19. The molecule has 10 nitrogen and oxygen atoms in total. The number of pyridine rings is 3. The van der Waals surface area contributed by atoms with E-state index < -0.39 is 9.84 Å². The number of ether oxygens (including phenoxy) is 1. The van der Waals surface area contributed by atoms with Crippen molar-refractivity contribution >= 4 is 32.2 Å². The van der Waals surface area contributed by atoms with Crippen LogP contribution in [0.25, 0.3) is 28.0 Å². The number of nitrogens with zero attached hydrogens (tertiary/aromatic N) is 6. The summed E-state index contributed by atoms with van der Waals surface area (Å²) in [4.78, 5) is 16.2. The number of methoxy groups -OCH3 is 1. The van der Waals surface area contributed by atoms with E-state index in [9.17, 15) is 8.42 Å². The summed E-state index contributed by atoms with van der Waals surface area (Å²) in [5.41, 5.74) is 4.22. The van der Waals surface area contributed by atoms with Crippen LogP contribution in [-0.4, -0.2) is 70.9 Å². The van der Waals surface area contributed by atoms with Crippen molar-refractivity contribution in [3.05, 3.63) is 48.5 Å². The van der Waals surface area contributed by atoms with Gasteiger partial charge in [0.2, 0.25) is 0 Å². The Labute approximate surface area is 229 Å². The lowest BCUT2D eigenvalue weighted by atomic mass is 9.91. The first-order valence-electron chi connectivity index (χ1n) is 13.1. The summed E-state index contributed by atoms with van der Waals surface area (Å²) in [6.45, 7) is 8.96. The number of hydrogen-bond acceptors (Lipinski definition) is 9. The zero-order chi connectivity index (χ0) is 27.9. The molecule has 5 rings (SSSR count). The highest BCUT2D eigenvalue weighted by atomic mass is 32.2. The van der Waals surface area contributed by atoms with Crippen LogP contribution in [0.15, 0.2) is 42.9 Å². The van der Waals surface area contributed by atoms with E-state index in [1.165, 1.54) is 6.26 Å². The van der Waals surface area contributed by atoms with Gasteiger partial charge in [0.15, 0.2) is 5.82 Å². The maximum Gasteiger partial charge on any atom is 0.158 e. The number of nitrogens with one attached hydrogen (secondary N) is 1. The standard InChI is InChI=1S/C28H35N7O3S/c1-7-17(2)31-27-10-21(34-15-20(19(34)4)16-39(6,36)37)11-28(33-27)35-25-12-24(32-18(3)22(25)14-30-35)23-13-29-9-8-26(23)38-5/h8-14,17,19-20H,7,15-16H2,1-6H3,(H,31,33)/t17-,19-,20-/m1/s1. The van der Waals surface area contributed by atoms with Crippen LogP contribution in [0.5, 0.6) is 5.75 Å². The molecule has 4 aromatic heterocycles. The minimum atomic E-state index is -3.04. The SMILES string of the molecule is CC[C@@H](C)Nc1cc(N2C[C@H](CS(C)(=O)=O)[C@H]2C)cc(-n2ncc3c(C)nc(-c4cnccc4OC)cc32)n1. The largest absolute Gasteiger partial charge is 0.496 e. The first-order valence-corrected chi connectivity index (χ1v) is 15.2. The van der Waals surface area contributed by atoms with Gasteiger partial charge in [-0.2, -0.15) is 5.10 Å². The maximum absolute atomic E-state index is 11.9. The molecule has 0 radical (unpaired) electrons. The summed E-state index contributed by atoms with van der Waals surface area (Å²) < 4.78 is 31.2. The number of aromatic nitrogens is 5. The van der Waals surface area contributed by atoms with Gasteiger partial charge in [0, 0.05) is 72.1 Å². The van der Waals surface area contributed by atoms with Gasteiger partial charge in [0.25, 0.3) is 0 Å². The molecule has 0 unspecified atom stereocenters. The first kappa shape index (κ1) is 26.9. The lowest BCUT2D eigenvalue weighted by Gasteiger charge is -2.48. The van der Waals surface area contributed by atoms with Crippen LogP contribution in [0.1, 0.15) is 32.9 Å². The van der Waals surface area contributed by atoms with Crippen molar-refractivity contribution < 1.29 is 13.2 Å². The Bertz CT molecular complexity index is 1620. The highest BCUT2D eigenvalue weighted by Gasteiger charge is 2.38. The van der Waals surface area contributed by atoms with Crippen molar-refractivity contribution in [3.63, 3.8) is 0 Å². The van der Waals surface area contributed by atoms with Crippen molar-refractivity contribution in [2.24, 2.45) is 5.92 Å². The quantitative estimate of drug-likeness (QED) is 0.327. The molecule has 11 heteroatoms. The third-order valence-electron chi connectivity index (χ3n) is 7.51. The Morgan fingerprint density at radius 1 is 1.21 bits per heavy atom. The minimum Gasteiger partial charge on any atom is -0.496 e. The Morgan fingerprint density at radius 3 is 2.69 bits per heavy atom. The smallest absolute Gasteiger partial charge is 0.158 e. The molecule has 0 spiro atoms. The number of fused-ring (bicyclic) bond motifs is 1. The zero-order valence-electron chi connectivity index (χ0n) is 23.2. The summed E-state index contributed by atoms with van der Waals surface area (Å²) >= 11 is 0. The maximum atomic E-state index is 11.9. The van der Waals surface area contributed by atoms with Crippen LogP contribution >= 0.6 is 0 Å². The lowest BCUT2D eigenvalue weighted by molar-refractivity contribution is 0.341. The molecule has 206 valence electrons. The van der Waals surface area contributed by atoms with E-state index >= 15 is 0 Å². The van der Waals surface area contributed by atoms with Crippen LogP contribution < -0.4 is 15.0 Å². The van der Waals surface area contributed by atoms with Gasteiger partial charge in [0.05, 0.1) is 35.8 Å². The van der Waals surface area contributed by atoms with Crippen molar-refractivity contribution in [2.45, 2.75) is 46.2 Å². The number of sulfone groups is 1. The third-order valence-corrected chi connectivity index (χ3v) is 8.54. The van der Waals surface area contributed by atoms with Crippen LogP contribution in [0.3, 0.4) is 0 Å². The molecule has 1 saturated heterocycles. The minimum absolute atomic E-state index is 0.0943. The van der Waals surface area contributed by atoms with Crippen molar-refractivity contribution in [3.8, 4) is 22.8 Å². The molecular weight excluding hydrogens is 514 g/mol. The number of anilines is 2. The summed E-state index contributed by atoms with van der Waals surface area (Å²) in [5, 5.41) is 9.14. The first-order chi connectivity index (χ1) is 18.6. The molecule has 3 atom stereocenters. The highest BCUT2D eigenvalue weighted by molar-refractivity contribution is 7.90. The molecular formula is C28H35N7O3S. The molecule has 1 aliphatic rings. The van der Waals surface area contributed by atoms with Crippen LogP contribution in [0.2, 0.25) is 0 Å². The monoisotopic (exact) mass is 549 g/mol. The van der Waals surface area contributed by atoms with E-state index in [1.807, 2.05) is 42.1 Å². The van der Waals surface area contributed by atoms with Crippen LogP contribution in [-0.2, 0) is 9.84 Å². The number of hydrogen-bond donors (Lipinski definition) is 1. The van der Waals surface area contributed by atoms with Gasteiger partial charge in [-0.3, -0.25) is 9.97 Å². The molecule has 0 saturated carbocycles. The average Bonchev–Trinajstić information content (AvgIpc) is 3.34. The Balaban J connectivity index is 1.59. The normalized spacial score (nSPS) is 18.2. The summed E-state index contributed by atoms with van der Waals surface area (Å²) in [5.74, 6) is 2.40. The van der Waals surface area contributed by atoms with E-state index in [1.54, 1.807) is 19.5 Å². The van der Waals surface area contributed by atoms with Crippen LogP contribution in [0, 0.1) is 12.8 Å². The second kappa shape index (κ2) is 10.4. The summed E-state index contributed by atoms with van der Waals surface area (Å²) in [7, 11) is -1.41. The predicted molar refractivity (Wildman–Crippen MR) is 155 cm³/mol. The topological polar surface area (TPSA) is 115 Å². The van der Waals surface area contributed by atoms with Crippen molar-refractivity contribution in [1.82, 2.24) is 24.7 Å². The molecule has 0 aromatic carbocycles. The van der Waals surface area contributed by atoms with Gasteiger partial charge in [-0.05, 0) is 39.3 Å². The molecule has 0 bridgehead atoms. The molecule has 1 aliphatic heterocycles. The Hall–Kier alpha value is -3.73. The van der Waals surface area contributed by atoms with Crippen molar-refractivity contribution in [1.29, 1.82) is 0 Å². The van der Waals surface area contributed by atoms with E-state index in [2.05, 4.69) is 36.0 Å². The molecule has 5 heterocycles. The zero-order valence-corrected chi connectivity index (χ0v) is 24.0. The van der Waals surface area contributed by atoms with Gasteiger partial charge in [-0.25, -0.2) is 18.1 Å². The fourth-order valence-electron chi connectivity index (χ4n) is 5.06. The van der Waals surface area contributed by atoms with Gasteiger partial charge in [-0.15, -0.1) is 0 Å². The van der Waals surface area contributed by atoms with E-state index in [0.29, 0.717) is 18.1 Å². The summed E-state index contributed by atoms with van der Waals surface area (Å²) in [6.07, 6.45) is 7.50. The fourth-order valence-corrected chi connectivity index (χ4v) is 6.23. The van der Waals surface area contributed by atoms with Crippen LogP contribution in [0.4, 0.5) is 11.5 Å². The Morgan fingerprint density at radius 2 is 2.00 bits per heavy atom. The summed E-state index contributed by atoms with van der Waals surface area (Å²) in [6, 6.07) is 8.18. The van der Waals surface area contributed by atoms with Crippen molar-refractivity contribution in [2.75, 3.05) is 35.9 Å². The third kappa shape index (κ3) is 5.40. The molecule has 39 heavy (non-hydrogen) atoms. The molecule has 1 fully saturated rings. The van der Waals surface area contributed by atoms with E-state index in [4.69, 9.17) is 19.8 Å². The molecule has 0 amide bonds. The van der Waals surface area contributed by atoms with E-state index in [0.717, 1.165) is 45.8 Å². The second-order valence-electron chi connectivity index (χ2n) is 10.4. The lowest BCUT2D eigenvalue weighted by Crippen LogP contribution is -2.57. The molecule has 4 aromatic rings. The fraction of sp³-hybridized carbons (Fsp3) is 0.429. The molecule has 1 N–H and O–H groups in total. The average molecular weight is 550 g/mol. The number of aryl methyl sites for hydroxylation is 1. The predicted octanol–water partition coefficient (Wildman–Crippen LogP) is 4.27. The molecule has 0 aliphatic carbocycles. The second-order valence-corrected chi connectivity index (χ2v) is 12.6. The highest BCUT2D eigenvalue weighted by Crippen LogP contribution is 2.35. The van der Waals surface area contributed by atoms with Gasteiger partial charge in [-0.1, -0.05) is 6.92 Å². The van der Waals surface area contributed by atoms with Gasteiger partial charge < -0.3 is 15.0 Å². The number of rotatable bonds is 9. The van der Waals surface area contributed by atoms with E-state index in [-0.39, 0.29) is 23.8 Å².